The number of hydrogen-bond acceptors (Lipinski definition) is 5. The molecule has 0 radical (unpaired) electrons. The van der Waals surface area contributed by atoms with E-state index in [0.717, 1.165) is 4.68 Å². The fourth-order valence-corrected chi connectivity index (χ4v) is 2.18. The second kappa shape index (κ2) is 6.13. The van der Waals surface area contributed by atoms with E-state index < -0.39 is 5.97 Å². The fourth-order valence-electron chi connectivity index (χ4n) is 2.01. The summed E-state index contributed by atoms with van der Waals surface area (Å²) in [7, 11) is 3.63. The Labute approximate surface area is 126 Å². The lowest BCUT2D eigenvalue weighted by molar-refractivity contribution is -0.144. The Morgan fingerprint density at radius 2 is 2.10 bits per heavy atom. The van der Waals surface area contributed by atoms with Crippen LogP contribution in [0.25, 0.3) is 10.8 Å². The van der Waals surface area contributed by atoms with E-state index in [1.807, 2.05) is 14.1 Å². The number of benzene rings is 1. The van der Waals surface area contributed by atoms with Gasteiger partial charge in [0.05, 0.1) is 12.0 Å². The molecule has 1 aromatic heterocycles. The molecular weight excluding hydrogens is 294 g/mol. The van der Waals surface area contributed by atoms with Crippen molar-refractivity contribution >= 4 is 34.2 Å². The van der Waals surface area contributed by atoms with Crippen molar-refractivity contribution in [3.05, 3.63) is 33.6 Å². The Bertz CT molecular complexity index is 740. The standard InChI is InChI=1S/C14H16ClN3O3/c1-4-21-12(19)8-18-14(20)11-7-9(15)5-6-10(11)13(16-18)17(2)3/h5-7H,4,8H2,1-3H3. The van der Waals surface area contributed by atoms with Crippen molar-refractivity contribution in [2.24, 2.45) is 0 Å². The van der Waals surface area contributed by atoms with Crippen molar-refractivity contribution < 1.29 is 9.53 Å². The molecule has 7 heteroatoms. The maximum absolute atomic E-state index is 12.4. The second-order valence-electron chi connectivity index (χ2n) is 4.68. The molecular formula is C14H16ClN3O3. The number of ether oxygens (including phenoxy) is 1. The van der Waals surface area contributed by atoms with Gasteiger partial charge in [-0.2, -0.15) is 5.10 Å². The molecule has 0 bridgehead atoms. The monoisotopic (exact) mass is 309 g/mol. The number of rotatable bonds is 4. The van der Waals surface area contributed by atoms with Crippen LogP contribution in [0.5, 0.6) is 0 Å². The summed E-state index contributed by atoms with van der Waals surface area (Å²) < 4.78 is 5.96. The molecule has 0 N–H and O–H groups in total. The van der Waals surface area contributed by atoms with E-state index in [0.29, 0.717) is 21.6 Å². The first-order chi connectivity index (χ1) is 9.93. The Balaban J connectivity index is 2.64. The fraction of sp³-hybridized carbons (Fsp3) is 0.357. The Kier molecular flexibility index (Phi) is 4.47. The van der Waals surface area contributed by atoms with Gasteiger partial charge in [-0.05, 0) is 25.1 Å². The number of halogens is 1. The van der Waals surface area contributed by atoms with Crippen molar-refractivity contribution in [3.63, 3.8) is 0 Å². The van der Waals surface area contributed by atoms with E-state index >= 15 is 0 Å². The summed E-state index contributed by atoms with van der Waals surface area (Å²) in [6.07, 6.45) is 0. The first-order valence-electron chi connectivity index (χ1n) is 6.47. The summed E-state index contributed by atoms with van der Waals surface area (Å²) in [5.41, 5.74) is -0.369. The van der Waals surface area contributed by atoms with E-state index in [-0.39, 0.29) is 18.7 Å². The average Bonchev–Trinajstić information content (AvgIpc) is 2.42. The topological polar surface area (TPSA) is 64.4 Å². The van der Waals surface area contributed by atoms with Crippen LogP contribution in [-0.2, 0) is 16.1 Å². The number of hydrogen-bond donors (Lipinski definition) is 0. The molecule has 21 heavy (non-hydrogen) atoms. The van der Waals surface area contributed by atoms with Crippen molar-refractivity contribution in [1.82, 2.24) is 9.78 Å². The molecule has 6 nitrogen and oxygen atoms in total. The predicted molar refractivity (Wildman–Crippen MR) is 82.0 cm³/mol. The zero-order valence-corrected chi connectivity index (χ0v) is 12.8. The quantitative estimate of drug-likeness (QED) is 0.804. The van der Waals surface area contributed by atoms with Crippen LogP contribution in [0.3, 0.4) is 0 Å². The molecule has 0 saturated carbocycles. The number of nitrogens with zero attached hydrogens (tertiary/aromatic N) is 3. The molecule has 0 amide bonds. The molecule has 0 unspecified atom stereocenters. The second-order valence-corrected chi connectivity index (χ2v) is 5.11. The van der Waals surface area contributed by atoms with E-state index in [9.17, 15) is 9.59 Å². The third-order valence-electron chi connectivity index (χ3n) is 2.91. The minimum Gasteiger partial charge on any atom is -0.465 e. The van der Waals surface area contributed by atoms with Gasteiger partial charge in [-0.3, -0.25) is 9.59 Å². The number of carbonyl (C=O) groups excluding carboxylic acids is 1. The SMILES string of the molecule is CCOC(=O)Cn1nc(N(C)C)c2ccc(Cl)cc2c1=O. The molecule has 0 aliphatic heterocycles. The zero-order chi connectivity index (χ0) is 15.6. The van der Waals surface area contributed by atoms with Gasteiger partial charge in [0.2, 0.25) is 0 Å². The van der Waals surface area contributed by atoms with Gasteiger partial charge in [0, 0.05) is 24.5 Å². The maximum Gasteiger partial charge on any atom is 0.327 e. The molecule has 0 atom stereocenters. The first kappa shape index (κ1) is 15.3. The van der Waals surface area contributed by atoms with Gasteiger partial charge in [0.1, 0.15) is 6.54 Å². The Hall–Kier alpha value is -2.08. The lowest BCUT2D eigenvalue weighted by atomic mass is 10.2. The minimum atomic E-state index is -0.502. The Morgan fingerprint density at radius 1 is 1.38 bits per heavy atom. The van der Waals surface area contributed by atoms with E-state index in [4.69, 9.17) is 16.3 Å². The van der Waals surface area contributed by atoms with Crippen LogP contribution in [0.2, 0.25) is 5.02 Å². The van der Waals surface area contributed by atoms with Crippen molar-refractivity contribution in [2.45, 2.75) is 13.5 Å². The van der Waals surface area contributed by atoms with Gasteiger partial charge < -0.3 is 9.64 Å². The molecule has 0 aliphatic rings. The van der Waals surface area contributed by atoms with Crippen LogP contribution in [0.15, 0.2) is 23.0 Å². The van der Waals surface area contributed by atoms with Gasteiger partial charge in [-0.1, -0.05) is 11.6 Å². The van der Waals surface area contributed by atoms with Crippen molar-refractivity contribution in [3.8, 4) is 0 Å². The van der Waals surface area contributed by atoms with Crippen molar-refractivity contribution in [2.75, 3.05) is 25.6 Å². The largest absolute Gasteiger partial charge is 0.465 e. The smallest absolute Gasteiger partial charge is 0.327 e. The summed E-state index contributed by atoms with van der Waals surface area (Å²) in [6, 6.07) is 5.03. The lowest BCUT2D eigenvalue weighted by Crippen LogP contribution is -2.30. The number of fused-ring (bicyclic) bond motifs is 1. The predicted octanol–water partition coefficient (Wildman–Crippen LogP) is 1.68. The molecule has 0 spiro atoms. The molecule has 0 saturated heterocycles. The van der Waals surface area contributed by atoms with E-state index in [1.165, 1.54) is 0 Å². The van der Waals surface area contributed by atoms with Crippen LogP contribution in [0, 0.1) is 0 Å². The zero-order valence-electron chi connectivity index (χ0n) is 12.1. The molecule has 112 valence electrons. The van der Waals surface area contributed by atoms with E-state index in [1.54, 1.807) is 30.0 Å². The highest BCUT2D eigenvalue weighted by Gasteiger charge is 2.15. The number of esters is 1. The molecule has 0 aliphatic carbocycles. The lowest BCUT2D eigenvalue weighted by Gasteiger charge is -2.16. The van der Waals surface area contributed by atoms with Gasteiger partial charge in [0.15, 0.2) is 5.82 Å². The molecule has 2 rings (SSSR count). The van der Waals surface area contributed by atoms with Crippen LogP contribution in [0.4, 0.5) is 5.82 Å². The first-order valence-corrected chi connectivity index (χ1v) is 6.85. The summed E-state index contributed by atoms with van der Waals surface area (Å²) >= 11 is 5.96. The summed E-state index contributed by atoms with van der Waals surface area (Å²) in [5.74, 6) is 0.0868. The average molecular weight is 310 g/mol. The molecule has 1 heterocycles. The number of anilines is 1. The van der Waals surface area contributed by atoms with Crippen LogP contribution in [-0.4, -0.2) is 36.5 Å². The third-order valence-corrected chi connectivity index (χ3v) is 3.15. The summed E-state index contributed by atoms with van der Waals surface area (Å²) in [5, 5.41) is 5.81. The van der Waals surface area contributed by atoms with Crippen molar-refractivity contribution in [1.29, 1.82) is 0 Å². The number of carbonyl (C=O) groups is 1. The molecule has 0 fully saturated rings. The normalized spacial score (nSPS) is 10.7. The van der Waals surface area contributed by atoms with E-state index in [2.05, 4.69) is 5.10 Å². The Morgan fingerprint density at radius 3 is 2.71 bits per heavy atom. The summed E-state index contributed by atoms with van der Waals surface area (Å²) in [4.78, 5) is 25.8. The van der Waals surface area contributed by atoms with Crippen LogP contribution in [0.1, 0.15) is 6.92 Å². The van der Waals surface area contributed by atoms with Gasteiger partial charge in [-0.15, -0.1) is 0 Å². The number of aromatic nitrogens is 2. The van der Waals surface area contributed by atoms with Gasteiger partial charge in [0.25, 0.3) is 5.56 Å². The van der Waals surface area contributed by atoms with Crippen LogP contribution < -0.4 is 10.5 Å². The summed E-state index contributed by atoms with van der Waals surface area (Å²) in [6.45, 7) is 1.74. The van der Waals surface area contributed by atoms with Gasteiger partial charge >= 0.3 is 5.97 Å². The maximum atomic E-state index is 12.4. The highest BCUT2D eigenvalue weighted by Crippen LogP contribution is 2.23. The highest BCUT2D eigenvalue weighted by atomic mass is 35.5. The third kappa shape index (κ3) is 3.16. The van der Waals surface area contributed by atoms with Gasteiger partial charge in [-0.25, -0.2) is 4.68 Å². The molecule has 1 aromatic carbocycles. The molecule has 2 aromatic rings. The van der Waals surface area contributed by atoms with Crippen LogP contribution >= 0.6 is 11.6 Å². The highest BCUT2D eigenvalue weighted by molar-refractivity contribution is 6.31. The minimum absolute atomic E-state index is 0.226.